The molecule has 1 atom stereocenters. The molecule has 106 valence electrons. The molecule has 1 unspecified atom stereocenters. The summed E-state index contributed by atoms with van der Waals surface area (Å²) in [5.41, 5.74) is -0.402. The summed E-state index contributed by atoms with van der Waals surface area (Å²) in [6, 6.07) is 2.39. The predicted octanol–water partition coefficient (Wildman–Crippen LogP) is 0.00910. The van der Waals surface area contributed by atoms with Crippen LogP contribution in [0.1, 0.15) is 23.8 Å². The number of carbonyl (C=O) groups is 1. The van der Waals surface area contributed by atoms with Crippen molar-refractivity contribution in [3.05, 3.63) is 28.2 Å². The Morgan fingerprint density at radius 2 is 2.21 bits per heavy atom. The van der Waals surface area contributed by atoms with E-state index in [4.69, 9.17) is 5.11 Å². The maximum absolute atomic E-state index is 12.0. The Morgan fingerprint density at radius 1 is 1.53 bits per heavy atom. The Morgan fingerprint density at radius 3 is 2.79 bits per heavy atom. The van der Waals surface area contributed by atoms with Crippen LogP contribution in [-0.4, -0.2) is 39.9 Å². The highest BCUT2D eigenvalue weighted by Crippen LogP contribution is 1.99. The Kier molecular flexibility index (Phi) is 5.56. The molecule has 8 heteroatoms. The number of alkyl halides is 2. The van der Waals surface area contributed by atoms with E-state index in [0.29, 0.717) is 13.0 Å². The smallest absolute Gasteiger partial charge is 0.271 e. The Bertz CT molecular complexity index is 490. The number of aliphatic hydroxyl groups excluding tert-OH is 1. The summed E-state index contributed by atoms with van der Waals surface area (Å²) in [6.45, 7) is 1.63. The monoisotopic (exact) mass is 275 g/mol. The van der Waals surface area contributed by atoms with Crippen molar-refractivity contribution in [2.24, 2.45) is 0 Å². The van der Waals surface area contributed by atoms with Crippen LogP contribution in [-0.2, 0) is 6.54 Å². The summed E-state index contributed by atoms with van der Waals surface area (Å²) in [7, 11) is 0. The third kappa shape index (κ3) is 4.40. The van der Waals surface area contributed by atoms with Gasteiger partial charge in [0.1, 0.15) is 11.8 Å². The van der Waals surface area contributed by atoms with Gasteiger partial charge in [0.25, 0.3) is 17.9 Å². The first-order chi connectivity index (χ1) is 8.95. The molecule has 6 nitrogen and oxygen atoms in total. The first kappa shape index (κ1) is 15.2. The van der Waals surface area contributed by atoms with Gasteiger partial charge in [-0.15, -0.1) is 0 Å². The molecule has 0 saturated heterocycles. The topological polar surface area (TPSA) is 84.2 Å². The number of rotatable bonds is 6. The van der Waals surface area contributed by atoms with Crippen molar-refractivity contribution in [2.75, 3.05) is 6.54 Å². The second kappa shape index (κ2) is 6.93. The lowest BCUT2D eigenvalue weighted by atomic mass is 10.3. The molecule has 1 aromatic heterocycles. The zero-order chi connectivity index (χ0) is 14.4. The molecule has 1 amide bonds. The van der Waals surface area contributed by atoms with Crippen molar-refractivity contribution in [1.29, 1.82) is 0 Å². The van der Waals surface area contributed by atoms with Gasteiger partial charge in [0, 0.05) is 19.2 Å². The van der Waals surface area contributed by atoms with E-state index in [1.165, 1.54) is 12.1 Å². The van der Waals surface area contributed by atoms with Crippen molar-refractivity contribution in [3.8, 4) is 0 Å². The molecule has 0 spiro atoms. The number of hydrogen-bond donors (Lipinski definition) is 2. The molecule has 0 saturated carbocycles. The third-order valence-corrected chi connectivity index (χ3v) is 2.30. The molecule has 1 heterocycles. The van der Waals surface area contributed by atoms with Gasteiger partial charge in [0.2, 0.25) is 0 Å². The van der Waals surface area contributed by atoms with E-state index in [2.05, 4.69) is 10.4 Å². The van der Waals surface area contributed by atoms with Gasteiger partial charge < -0.3 is 10.4 Å². The van der Waals surface area contributed by atoms with Gasteiger partial charge in [-0.2, -0.15) is 5.10 Å². The van der Waals surface area contributed by atoms with Gasteiger partial charge in [0.05, 0.1) is 0 Å². The number of carbonyl (C=O) groups excluding carboxylic acids is 1. The number of hydrogen-bond acceptors (Lipinski definition) is 4. The largest absolute Gasteiger partial charge is 0.385 e. The second-order valence-corrected chi connectivity index (χ2v) is 3.89. The number of nitrogens with zero attached hydrogens (tertiary/aromatic N) is 2. The molecule has 0 aliphatic heterocycles. The van der Waals surface area contributed by atoms with Crippen LogP contribution in [0.25, 0.3) is 0 Å². The molecule has 0 aromatic carbocycles. The first-order valence-corrected chi connectivity index (χ1v) is 5.78. The summed E-state index contributed by atoms with van der Waals surface area (Å²) >= 11 is 0. The molecule has 0 bridgehead atoms. The number of aryl methyl sites for hydroxylation is 1. The summed E-state index contributed by atoms with van der Waals surface area (Å²) in [6.07, 6.45) is -4.19. The van der Waals surface area contributed by atoms with E-state index in [1.807, 2.05) is 6.92 Å². The lowest BCUT2D eigenvalue weighted by molar-refractivity contribution is -0.00273. The highest BCUT2D eigenvalue weighted by molar-refractivity contribution is 5.91. The SMILES string of the molecule is CCCn1nc(C(=O)NCC(O)C(F)F)ccc1=O. The fourth-order valence-electron chi connectivity index (χ4n) is 1.32. The van der Waals surface area contributed by atoms with E-state index in [0.717, 1.165) is 4.68 Å². The minimum Gasteiger partial charge on any atom is -0.385 e. The number of aliphatic hydroxyl groups is 1. The highest BCUT2D eigenvalue weighted by Gasteiger charge is 2.18. The third-order valence-electron chi connectivity index (χ3n) is 2.30. The number of amides is 1. The lowest BCUT2D eigenvalue weighted by Crippen LogP contribution is -2.37. The Balaban J connectivity index is 2.72. The summed E-state index contributed by atoms with van der Waals surface area (Å²) in [5, 5.41) is 14.8. The number of nitrogens with one attached hydrogen (secondary N) is 1. The zero-order valence-corrected chi connectivity index (χ0v) is 10.3. The molecule has 0 fully saturated rings. The maximum Gasteiger partial charge on any atom is 0.271 e. The minimum absolute atomic E-state index is 0.0606. The van der Waals surface area contributed by atoms with Crippen LogP contribution in [0.5, 0.6) is 0 Å². The van der Waals surface area contributed by atoms with Crippen molar-refractivity contribution < 1.29 is 18.7 Å². The van der Waals surface area contributed by atoms with Crippen molar-refractivity contribution in [1.82, 2.24) is 15.1 Å². The molecule has 0 aliphatic carbocycles. The van der Waals surface area contributed by atoms with E-state index < -0.39 is 25.0 Å². The molecular formula is C11H15F2N3O3. The molecule has 0 aliphatic rings. The van der Waals surface area contributed by atoms with Gasteiger partial charge in [-0.05, 0) is 12.5 Å². The summed E-state index contributed by atoms with van der Waals surface area (Å²) in [5.74, 6) is -0.718. The molecule has 19 heavy (non-hydrogen) atoms. The summed E-state index contributed by atoms with van der Waals surface area (Å²) < 4.78 is 25.2. The van der Waals surface area contributed by atoms with Gasteiger partial charge in [0.15, 0.2) is 0 Å². The van der Waals surface area contributed by atoms with Gasteiger partial charge in [-0.1, -0.05) is 6.92 Å². The average molecular weight is 275 g/mol. The van der Waals surface area contributed by atoms with Crippen molar-refractivity contribution >= 4 is 5.91 Å². The van der Waals surface area contributed by atoms with Crippen molar-refractivity contribution in [2.45, 2.75) is 32.4 Å². The molecule has 1 aromatic rings. The first-order valence-electron chi connectivity index (χ1n) is 5.78. The molecular weight excluding hydrogens is 260 g/mol. The van der Waals surface area contributed by atoms with E-state index in [-0.39, 0.29) is 11.3 Å². The number of aromatic nitrogens is 2. The number of halogens is 2. The molecule has 0 radical (unpaired) electrons. The Hall–Kier alpha value is -1.83. The Labute approximate surface area is 108 Å². The fourth-order valence-corrected chi connectivity index (χ4v) is 1.32. The van der Waals surface area contributed by atoms with E-state index >= 15 is 0 Å². The minimum atomic E-state index is -2.93. The van der Waals surface area contributed by atoms with Crippen LogP contribution >= 0.6 is 0 Å². The van der Waals surface area contributed by atoms with E-state index in [1.54, 1.807) is 0 Å². The lowest BCUT2D eigenvalue weighted by Gasteiger charge is -2.10. The van der Waals surface area contributed by atoms with Crippen LogP contribution in [0.4, 0.5) is 8.78 Å². The van der Waals surface area contributed by atoms with Crippen LogP contribution in [0.3, 0.4) is 0 Å². The second-order valence-electron chi connectivity index (χ2n) is 3.89. The molecule has 1 rings (SSSR count). The normalized spacial score (nSPS) is 12.5. The fraction of sp³-hybridized carbons (Fsp3) is 0.545. The van der Waals surface area contributed by atoms with Crippen LogP contribution < -0.4 is 10.9 Å². The molecule has 2 N–H and O–H groups in total. The van der Waals surface area contributed by atoms with Crippen LogP contribution in [0.15, 0.2) is 16.9 Å². The van der Waals surface area contributed by atoms with Crippen molar-refractivity contribution in [3.63, 3.8) is 0 Å². The average Bonchev–Trinajstić information content (AvgIpc) is 2.38. The van der Waals surface area contributed by atoms with E-state index in [9.17, 15) is 18.4 Å². The van der Waals surface area contributed by atoms with Gasteiger partial charge in [-0.3, -0.25) is 9.59 Å². The van der Waals surface area contributed by atoms with Gasteiger partial charge >= 0.3 is 0 Å². The van der Waals surface area contributed by atoms with Gasteiger partial charge in [-0.25, -0.2) is 13.5 Å². The van der Waals surface area contributed by atoms with Crippen LogP contribution in [0, 0.1) is 0 Å². The highest BCUT2D eigenvalue weighted by atomic mass is 19.3. The quantitative estimate of drug-likeness (QED) is 0.766. The van der Waals surface area contributed by atoms with Crippen LogP contribution in [0.2, 0.25) is 0 Å². The predicted molar refractivity (Wildman–Crippen MR) is 63.1 cm³/mol. The standard InChI is InChI=1S/C11H15F2N3O3/c1-2-5-16-9(18)4-3-7(15-16)11(19)14-6-8(17)10(12)13/h3-4,8,10,17H,2,5-6H2,1H3,(H,14,19). The summed E-state index contributed by atoms with van der Waals surface area (Å²) in [4.78, 5) is 23.0. The zero-order valence-electron chi connectivity index (χ0n) is 10.3. The maximum atomic E-state index is 12.0.